The third-order valence-corrected chi connectivity index (χ3v) is 5.06. The molecule has 0 aromatic heterocycles. The van der Waals surface area contributed by atoms with Crippen LogP contribution in [-0.2, 0) is 28.8 Å². The van der Waals surface area contributed by atoms with Crippen molar-refractivity contribution in [3.05, 3.63) is 0 Å². The Balaban J connectivity index is 5.47. The van der Waals surface area contributed by atoms with E-state index in [0.717, 1.165) is 0 Å². The molecule has 0 aromatic rings. The Kier molecular flexibility index (Phi) is 15.2. The summed E-state index contributed by atoms with van der Waals surface area (Å²) in [5.74, 6) is -6.13. The molecule has 0 heterocycles. The molecular weight excluding hydrogens is 472 g/mol. The van der Waals surface area contributed by atoms with Crippen LogP contribution >= 0.6 is 12.6 Å². The Labute approximate surface area is 202 Å². The second-order valence-electron chi connectivity index (χ2n) is 7.53. The van der Waals surface area contributed by atoms with E-state index in [2.05, 4.69) is 28.6 Å². The van der Waals surface area contributed by atoms with E-state index >= 15 is 0 Å². The van der Waals surface area contributed by atoms with Gasteiger partial charge in [-0.05, 0) is 32.2 Å². The minimum absolute atomic E-state index is 0.204. The number of thiol groups is 1. The lowest BCUT2D eigenvalue weighted by Gasteiger charge is -2.24. The molecule has 0 aliphatic rings. The van der Waals surface area contributed by atoms with Crippen LogP contribution in [0.1, 0.15) is 44.9 Å². The number of hydrogen-bond acceptors (Lipinski definition) is 9. The maximum atomic E-state index is 12.8. The van der Waals surface area contributed by atoms with Gasteiger partial charge >= 0.3 is 11.9 Å². The molecule has 34 heavy (non-hydrogen) atoms. The summed E-state index contributed by atoms with van der Waals surface area (Å²) in [4.78, 5) is 71.1. The highest BCUT2D eigenvalue weighted by Crippen LogP contribution is 2.05. The van der Waals surface area contributed by atoms with E-state index in [9.17, 15) is 28.8 Å². The Morgan fingerprint density at radius 3 is 1.71 bits per heavy atom. The number of aliphatic carboxylic acids is 2. The van der Waals surface area contributed by atoms with E-state index in [1.165, 1.54) is 0 Å². The highest BCUT2D eigenvalue weighted by atomic mass is 32.1. The van der Waals surface area contributed by atoms with Crippen molar-refractivity contribution >= 4 is 48.2 Å². The molecule has 194 valence electrons. The highest BCUT2D eigenvalue weighted by molar-refractivity contribution is 7.80. The summed E-state index contributed by atoms with van der Waals surface area (Å²) in [7, 11) is 0. The lowest BCUT2D eigenvalue weighted by molar-refractivity contribution is -0.142. The van der Waals surface area contributed by atoms with Gasteiger partial charge in [0.1, 0.15) is 18.1 Å². The van der Waals surface area contributed by atoms with E-state index in [1.54, 1.807) is 0 Å². The number of carbonyl (C=O) groups excluding carboxylic acids is 4. The maximum absolute atomic E-state index is 12.8. The topological polar surface area (TPSA) is 257 Å². The number of primary amides is 1. The van der Waals surface area contributed by atoms with Crippen LogP contribution in [0, 0.1) is 0 Å². The molecule has 0 fully saturated rings. The predicted octanol–water partition coefficient (Wildman–Crippen LogP) is -2.96. The van der Waals surface area contributed by atoms with Crippen molar-refractivity contribution in [2.45, 2.75) is 69.1 Å². The van der Waals surface area contributed by atoms with Crippen molar-refractivity contribution in [3.8, 4) is 0 Å². The first-order valence-corrected chi connectivity index (χ1v) is 11.3. The van der Waals surface area contributed by atoms with Crippen LogP contribution in [0.2, 0.25) is 0 Å². The molecular formula is C19H34N6O8S. The maximum Gasteiger partial charge on any atom is 0.327 e. The quantitative estimate of drug-likeness (QED) is 0.0674. The summed E-state index contributed by atoms with van der Waals surface area (Å²) in [5.41, 5.74) is 16.4. The fourth-order valence-electron chi connectivity index (χ4n) is 2.74. The molecule has 4 atom stereocenters. The zero-order valence-electron chi connectivity index (χ0n) is 18.7. The van der Waals surface area contributed by atoms with Crippen molar-refractivity contribution in [2.75, 3.05) is 12.3 Å². The first-order valence-electron chi connectivity index (χ1n) is 10.6. The summed E-state index contributed by atoms with van der Waals surface area (Å²) < 4.78 is 0. The van der Waals surface area contributed by atoms with E-state index in [4.69, 9.17) is 27.4 Å². The number of carboxylic acid groups (broad SMARTS) is 2. The van der Waals surface area contributed by atoms with Crippen molar-refractivity contribution in [1.29, 1.82) is 0 Å². The molecule has 4 amide bonds. The SMILES string of the molecule is NCCCCC(N)C(=O)NC(CCC(N)=O)C(=O)NC(CCC(=O)O)C(=O)NC(CS)C(=O)O. The number of amides is 4. The monoisotopic (exact) mass is 506 g/mol. The van der Waals surface area contributed by atoms with Gasteiger partial charge in [-0.1, -0.05) is 6.42 Å². The van der Waals surface area contributed by atoms with Crippen LogP contribution in [0.5, 0.6) is 0 Å². The number of nitrogens with two attached hydrogens (primary N) is 3. The average Bonchev–Trinajstić information content (AvgIpc) is 2.76. The average molecular weight is 507 g/mol. The van der Waals surface area contributed by atoms with Gasteiger partial charge in [0.05, 0.1) is 6.04 Å². The van der Waals surface area contributed by atoms with Gasteiger partial charge in [-0.2, -0.15) is 12.6 Å². The van der Waals surface area contributed by atoms with Crippen LogP contribution in [0.25, 0.3) is 0 Å². The van der Waals surface area contributed by atoms with Crippen LogP contribution in [0.3, 0.4) is 0 Å². The zero-order chi connectivity index (χ0) is 26.3. The zero-order valence-corrected chi connectivity index (χ0v) is 19.6. The van der Waals surface area contributed by atoms with E-state index < -0.39 is 66.2 Å². The Morgan fingerprint density at radius 1 is 0.765 bits per heavy atom. The van der Waals surface area contributed by atoms with E-state index in [1.807, 2.05) is 0 Å². The van der Waals surface area contributed by atoms with Gasteiger partial charge in [0.25, 0.3) is 0 Å². The van der Waals surface area contributed by atoms with Gasteiger partial charge in [-0.3, -0.25) is 24.0 Å². The number of unbranched alkanes of at least 4 members (excludes halogenated alkanes) is 1. The Hall–Kier alpha value is -2.91. The number of carboxylic acids is 2. The van der Waals surface area contributed by atoms with Gasteiger partial charge in [0.2, 0.25) is 23.6 Å². The first-order chi connectivity index (χ1) is 15.9. The van der Waals surface area contributed by atoms with Gasteiger partial charge < -0.3 is 43.4 Å². The molecule has 11 N–H and O–H groups in total. The summed E-state index contributed by atoms with van der Waals surface area (Å²) in [6.45, 7) is 0.424. The standard InChI is InChI=1S/C19H34N6O8S/c20-8-2-1-3-10(21)16(29)23-11(4-6-14(22)26)17(30)24-12(5-7-15(27)28)18(31)25-13(9-34)19(32)33/h10-13,34H,1-9,20-21H2,(H2,22,26)(H,23,29)(H,24,30)(H,25,31)(H,27,28)(H,32,33). The molecule has 0 saturated heterocycles. The Morgan fingerprint density at radius 2 is 1.26 bits per heavy atom. The molecule has 0 aliphatic heterocycles. The van der Waals surface area contributed by atoms with Crippen molar-refractivity contribution in [2.24, 2.45) is 17.2 Å². The molecule has 0 bridgehead atoms. The second kappa shape index (κ2) is 16.7. The molecule has 0 rings (SSSR count). The largest absolute Gasteiger partial charge is 0.481 e. The fraction of sp³-hybridized carbons (Fsp3) is 0.684. The van der Waals surface area contributed by atoms with E-state index in [-0.39, 0.29) is 25.0 Å². The molecule has 0 radical (unpaired) electrons. The van der Waals surface area contributed by atoms with Gasteiger partial charge in [0, 0.05) is 18.6 Å². The van der Waals surface area contributed by atoms with Gasteiger partial charge in [-0.15, -0.1) is 0 Å². The third kappa shape index (κ3) is 13.0. The number of rotatable bonds is 18. The van der Waals surface area contributed by atoms with Crippen LogP contribution in [0.15, 0.2) is 0 Å². The van der Waals surface area contributed by atoms with Crippen LogP contribution < -0.4 is 33.2 Å². The minimum atomic E-state index is -1.43. The predicted molar refractivity (Wildman–Crippen MR) is 123 cm³/mol. The molecule has 15 heteroatoms. The van der Waals surface area contributed by atoms with Crippen molar-refractivity contribution < 1.29 is 39.0 Å². The Bertz CT molecular complexity index is 738. The fourth-order valence-corrected chi connectivity index (χ4v) is 2.99. The van der Waals surface area contributed by atoms with Gasteiger partial charge in [-0.25, -0.2) is 4.79 Å². The van der Waals surface area contributed by atoms with E-state index in [0.29, 0.717) is 25.8 Å². The molecule has 14 nitrogen and oxygen atoms in total. The van der Waals surface area contributed by atoms with Crippen molar-refractivity contribution in [1.82, 2.24) is 16.0 Å². The molecule has 4 unspecified atom stereocenters. The van der Waals surface area contributed by atoms with Crippen molar-refractivity contribution in [3.63, 3.8) is 0 Å². The number of nitrogens with one attached hydrogen (secondary N) is 3. The number of carbonyl (C=O) groups is 6. The minimum Gasteiger partial charge on any atom is -0.481 e. The summed E-state index contributed by atoms with van der Waals surface area (Å²) in [6, 6.07) is -5.07. The summed E-state index contributed by atoms with van der Waals surface area (Å²) >= 11 is 3.83. The third-order valence-electron chi connectivity index (χ3n) is 4.70. The van der Waals surface area contributed by atoms with Crippen LogP contribution in [0.4, 0.5) is 0 Å². The normalized spacial score (nSPS) is 14.2. The second-order valence-corrected chi connectivity index (χ2v) is 7.90. The number of hydrogen-bond donors (Lipinski definition) is 9. The lowest BCUT2D eigenvalue weighted by Crippen LogP contribution is -2.57. The summed E-state index contributed by atoms with van der Waals surface area (Å²) in [5, 5.41) is 24.9. The molecule has 0 aliphatic carbocycles. The molecule has 0 aromatic carbocycles. The van der Waals surface area contributed by atoms with Crippen LogP contribution in [-0.4, -0.2) is 82.2 Å². The highest BCUT2D eigenvalue weighted by Gasteiger charge is 2.30. The lowest BCUT2D eigenvalue weighted by atomic mass is 10.1. The molecule has 0 spiro atoms. The smallest absolute Gasteiger partial charge is 0.327 e. The van der Waals surface area contributed by atoms with Gasteiger partial charge in [0.15, 0.2) is 0 Å². The first kappa shape index (κ1) is 31.1. The molecule has 0 saturated carbocycles. The summed E-state index contributed by atoms with van der Waals surface area (Å²) in [6.07, 6.45) is 0.185.